The number of nitrogens with one attached hydrogen (secondary N) is 1. The topological polar surface area (TPSA) is 51.5 Å². The van der Waals surface area contributed by atoms with Crippen LogP contribution in [-0.2, 0) is 11.2 Å². The van der Waals surface area contributed by atoms with Crippen molar-refractivity contribution >= 4 is 17.2 Å². The molecule has 3 aromatic rings. The van der Waals surface area contributed by atoms with Crippen LogP contribution in [0.4, 0.5) is 0 Å². The molecule has 0 unspecified atom stereocenters. The number of nitrogens with zero attached hydrogens (tertiary/aromatic N) is 3. The molecule has 28 heavy (non-hydrogen) atoms. The number of rotatable bonds is 3. The van der Waals surface area contributed by atoms with E-state index >= 15 is 0 Å². The Bertz CT molecular complexity index is 970. The minimum Gasteiger partial charge on any atom is -0.377 e. The molecule has 0 radical (unpaired) electrons. The summed E-state index contributed by atoms with van der Waals surface area (Å²) in [5.41, 5.74) is 4.22. The van der Waals surface area contributed by atoms with Crippen LogP contribution in [0.1, 0.15) is 31.4 Å². The van der Waals surface area contributed by atoms with Gasteiger partial charge in [-0.15, -0.1) is 0 Å². The monoisotopic (exact) mass is 396 g/mol. The number of fused-ring (bicyclic) bond motifs is 1. The highest BCUT2D eigenvalue weighted by Crippen LogP contribution is 2.39. The van der Waals surface area contributed by atoms with Crippen molar-refractivity contribution in [2.45, 2.75) is 38.2 Å². The van der Waals surface area contributed by atoms with E-state index in [9.17, 15) is 0 Å². The summed E-state index contributed by atoms with van der Waals surface area (Å²) in [4.78, 5) is 9.36. The van der Waals surface area contributed by atoms with Crippen molar-refractivity contribution in [3.8, 4) is 11.4 Å². The first kappa shape index (κ1) is 18.1. The summed E-state index contributed by atoms with van der Waals surface area (Å²) in [5.74, 6) is 0. The zero-order valence-electron chi connectivity index (χ0n) is 15.9. The van der Waals surface area contributed by atoms with E-state index in [1.54, 1.807) is 0 Å². The van der Waals surface area contributed by atoms with E-state index in [0.29, 0.717) is 10.4 Å². The zero-order chi connectivity index (χ0) is 19.0. The van der Waals surface area contributed by atoms with Crippen molar-refractivity contribution in [2.24, 2.45) is 5.41 Å². The molecule has 6 heteroatoms. The molecule has 2 saturated heterocycles. The third kappa shape index (κ3) is 3.54. The van der Waals surface area contributed by atoms with E-state index in [1.165, 1.54) is 19.3 Å². The Kier molecular flexibility index (Phi) is 4.83. The molecule has 0 aliphatic carbocycles. The molecule has 0 amide bonds. The molecule has 5 rings (SSSR count). The van der Waals surface area contributed by atoms with Gasteiger partial charge in [0.25, 0.3) is 0 Å². The van der Waals surface area contributed by atoms with Gasteiger partial charge < -0.3 is 10.1 Å². The first-order valence-electron chi connectivity index (χ1n) is 10.1. The standard InChI is InChI=1S/C22H25ClN4O/c23-16-4-5-21-25-13-20(27(21)14-16)19-3-1-2-17(26-19)12-18-6-7-22(15-28-18)8-10-24-11-9-22/h1-5,13-14,18,24H,6-12,15H2/t18-/m0/s1. The summed E-state index contributed by atoms with van der Waals surface area (Å²) >= 11 is 6.17. The van der Waals surface area contributed by atoms with Crippen molar-refractivity contribution in [1.82, 2.24) is 19.7 Å². The van der Waals surface area contributed by atoms with E-state index in [2.05, 4.69) is 22.4 Å². The highest BCUT2D eigenvalue weighted by molar-refractivity contribution is 6.30. The molecule has 0 saturated carbocycles. The molecule has 1 atom stereocenters. The molecular weight excluding hydrogens is 372 g/mol. The molecule has 1 N–H and O–H groups in total. The van der Waals surface area contributed by atoms with E-state index in [-0.39, 0.29) is 6.10 Å². The van der Waals surface area contributed by atoms with Gasteiger partial charge in [0.15, 0.2) is 0 Å². The van der Waals surface area contributed by atoms with Crippen LogP contribution < -0.4 is 5.32 Å². The highest BCUT2D eigenvalue weighted by atomic mass is 35.5. The summed E-state index contributed by atoms with van der Waals surface area (Å²) < 4.78 is 8.28. The summed E-state index contributed by atoms with van der Waals surface area (Å²) in [6, 6.07) is 9.96. The number of piperidine rings is 1. The molecule has 0 bridgehead atoms. The van der Waals surface area contributed by atoms with Crippen molar-refractivity contribution in [2.75, 3.05) is 19.7 Å². The zero-order valence-corrected chi connectivity index (χ0v) is 16.7. The first-order chi connectivity index (χ1) is 13.7. The van der Waals surface area contributed by atoms with Gasteiger partial charge in [0.1, 0.15) is 5.65 Å². The lowest BCUT2D eigenvalue weighted by molar-refractivity contribution is -0.0738. The fraction of sp³-hybridized carbons (Fsp3) is 0.455. The second-order valence-corrected chi connectivity index (χ2v) is 8.60. The number of pyridine rings is 2. The maximum atomic E-state index is 6.29. The van der Waals surface area contributed by atoms with Crippen molar-refractivity contribution in [1.29, 1.82) is 0 Å². The van der Waals surface area contributed by atoms with Gasteiger partial charge >= 0.3 is 0 Å². The Hall–Kier alpha value is -1.95. The van der Waals surface area contributed by atoms with Crippen LogP contribution in [0.5, 0.6) is 0 Å². The molecule has 2 aliphatic heterocycles. The van der Waals surface area contributed by atoms with Gasteiger partial charge in [0.2, 0.25) is 0 Å². The van der Waals surface area contributed by atoms with Gasteiger partial charge in [0, 0.05) is 18.3 Å². The van der Waals surface area contributed by atoms with Crippen LogP contribution in [0.15, 0.2) is 42.7 Å². The summed E-state index contributed by atoms with van der Waals surface area (Å²) in [7, 11) is 0. The summed E-state index contributed by atoms with van der Waals surface area (Å²) in [5, 5.41) is 4.15. The fourth-order valence-corrected chi connectivity index (χ4v) is 4.70. The lowest BCUT2D eigenvalue weighted by Crippen LogP contribution is -2.44. The maximum Gasteiger partial charge on any atom is 0.137 e. The second kappa shape index (κ2) is 7.47. The lowest BCUT2D eigenvalue weighted by Gasteiger charge is -2.43. The minimum atomic E-state index is 0.264. The van der Waals surface area contributed by atoms with Crippen molar-refractivity contribution in [3.05, 3.63) is 53.4 Å². The Morgan fingerprint density at radius 1 is 1.18 bits per heavy atom. The third-order valence-electron chi connectivity index (χ3n) is 6.26. The molecule has 1 spiro atoms. The molecule has 3 aromatic heterocycles. The highest BCUT2D eigenvalue weighted by Gasteiger charge is 2.37. The predicted octanol–water partition coefficient (Wildman–Crippen LogP) is 4.14. The first-order valence-corrected chi connectivity index (χ1v) is 10.5. The predicted molar refractivity (Wildman–Crippen MR) is 111 cm³/mol. The van der Waals surface area contributed by atoms with Crippen LogP contribution in [0.2, 0.25) is 5.02 Å². The average Bonchev–Trinajstić information content (AvgIpc) is 3.14. The number of hydrogen-bond donors (Lipinski definition) is 1. The molecule has 146 valence electrons. The van der Waals surface area contributed by atoms with E-state index in [4.69, 9.17) is 21.3 Å². The molecule has 5 heterocycles. The molecule has 2 fully saturated rings. The molecule has 0 aromatic carbocycles. The van der Waals surface area contributed by atoms with Crippen LogP contribution in [0, 0.1) is 5.41 Å². The Labute approximate surface area is 170 Å². The van der Waals surface area contributed by atoms with E-state index in [0.717, 1.165) is 55.3 Å². The Balaban J connectivity index is 1.32. The van der Waals surface area contributed by atoms with Gasteiger partial charge in [-0.2, -0.15) is 0 Å². The minimum absolute atomic E-state index is 0.264. The average molecular weight is 397 g/mol. The van der Waals surface area contributed by atoms with Crippen LogP contribution in [0.25, 0.3) is 17.0 Å². The van der Waals surface area contributed by atoms with Gasteiger partial charge in [-0.1, -0.05) is 17.7 Å². The van der Waals surface area contributed by atoms with Crippen LogP contribution in [0.3, 0.4) is 0 Å². The molecular formula is C22H25ClN4O. The maximum absolute atomic E-state index is 6.29. The SMILES string of the molecule is Clc1ccc2ncc(-c3cccc(C[C@@H]4CCC5(CCNCC5)CO4)n3)n2c1. The van der Waals surface area contributed by atoms with E-state index < -0.39 is 0 Å². The van der Waals surface area contributed by atoms with Gasteiger partial charge in [0.05, 0.1) is 35.3 Å². The van der Waals surface area contributed by atoms with Gasteiger partial charge in [-0.05, 0) is 68.5 Å². The van der Waals surface area contributed by atoms with Gasteiger partial charge in [-0.3, -0.25) is 9.38 Å². The second-order valence-electron chi connectivity index (χ2n) is 8.16. The number of imidazole rings is 1. The number of ether oxygens (including phenoxy) is 1. The van der Waals surface area contributed by atoms with E-state index in [1.807, 2.05) is 35.0 Å². The normalized spacial score (nSPS) is 22.0. The molecule has 2 aliphatic rings. The molecule has 5 nitrogen and oxygen atoms in total. The number of hydrogen-bond acceptors (Lipinski definition) is 4. The Morgan fingerprint density at radius 2 is 2.07 bits per heavy atom. The van der Waals surface area contributed by atoms with Crippen molar-refractivity contribution in [3.63, 3.8) is 0 Å². The van der Waals surface area contributed by atoms with Crippen LogP contribution in [-0.4, -0.2) is 40.2 Å². The van der Waals surface area contributed by atoms with Crippen molar-refractivity contribution < 1.29 is 4.74 Å². The largest absolute Gasteiger partial charge is 0.377 e. The number of aromatic nitrogens is 3. The fourth-order valence-electron chi connectivity index (χ4n) is 4.54. The third-order valence-corrected chi connectivity index (χ3v) is 6.49. The van der Waals surface area contributed by atoms with Gasteiger partial charge in [-0.25, -0.2) is 4.98 Å². The Morgan fingerprint density at radius 3 is 2.89 bits per heavy atom. The lowest BCUT2D eigenvalue weighted by atomic mass is 9.74. The van der Waals surface area contributed by atoms with Crippen LogP contribution >= 0.6 is 11.6 Å². The summed E-state index contributed by atoms with van der Waals surface area (Å²) in [6.45, 7) is 3.15. The summed E-state index contributed by atoms with van der Waals surface area (Å²) in [6.07, 6.45) is 9.74. The quantitative estimate of drug-likeness (QED) is 0.722. The smallest absolute Gasteiger partial charge is 0.137 e. The number of halogens is 1.